The average molecular weight is 1390 g/mol. The van der Waals surface area contributed by atoms with E-state index in [9.17, 15) is 74.9 Å². The molecule has 1 aliphatic carbocycles. The van der Waals surface area contributed by atoms with E-state index in [-0.39, 0.29) is 19.3 Å². The van der Waals surface area contributed by atoms with E-state index in [1.165, 1.54) is 141 Å². The van der Waals surface area contributed by atoms with Crippen LogP contribution in [0.5, 0.6) is 0 Å². The molecule has 0 radical (unpaired) electrons. The quantitative estimate of drug-likeness (QED) is 0.0117. The van der Waals surface area contributed by atoms with Crippen LogP contribution in [0.15, 0.2) is 0 Å². The second-order valence-corrected chi connectivity index (χ2v) is 28.4. The number of carbonyl (C=O) groups is 3. The monoisotopic (exact) mass is 1390 g/mol. The molecule has 0 aromatic rings. The highest BCUT2D eigenvalue weighted by atomic mass is 31.2. The van der Waals surface area contributed by atoms with Gasteiger partial charge in [-0.25, -0.2) is 4.57 Å². The van der Waals surface area contributed by atoms with Gasteiger partial charge in [-0.2, -0.15) is 0 Å². The summed E-state index contributed by atoms with van der Waals surface area (Å²) >= 11 is 0. The molecule has 25 heteroatoms. The molecule has 18 atom stereocenters. The third kappa shape index (κ3) is 36.4. The maximum Gasteiger partial charge on any atom is 0.472 e. The number of rotatable bonds is 58. The zero-order valence-electron chi connectivity index (χ0n) is 58.2. The number of hydrogen-bond acceptors (Lipinski definition) is 23. The lowest BCUT2D eigenvalue weighted by Crippen LogP contribution is -2.69. The maximum absolute atomic E-state index is 14.3. The number of carbonyl (C=O) groups excluding carboxylic acids is 3. The third-order valence-electron chi connectivity index (χ3n) is 18.6. The van der Waals surface area contributed by atoms with Crippen molar-refractivity contribution in [1.29, 1.82) is 0 Å². The van der Waals surface area contributed by atoms with Crippen LogP contribution in [-0.4, -0.2) is 204 Å². The van der Waals surface area contributed by atoms with Gasteiger partial charge in [-0.3, -0.25) is 23.4 Å². The second-order valence-electron chi connectivity index (χ2n) is 27.0. The maximum atomic E-state index is 14.3. The van der Waals surface area contributed by atoms with Crippen LogP contribution in [0.1, 0.15) is 297 Å². The molecule has 3 fully saturated rings. The number of hydrogen-bond donors (Lipinski definition) is 11. The topological polar surface area (TPSA) is 374 Å². The summed E-state index contributed by atoms with van der Waals surface area (Å²) in [5.74, 6) is -1.97. The molecule has 2 heterocycles. The van der Waals surface area contributed by atoms with Crippen molar-refractivity contribution in [3.63, 3.8) is 0 Å². The summed E-state index contributed by atoms with van der Waals surface area (Å²) in [6.45, 7) is 3.45. The van der Waals surface area contributed by atoms with Crippen LogP contribution in [0.3, 0.4) is 0 Å². The molecule has 3 aliphatic rings. The van der Waals surface area contributed by atoms with Gasteiger partial charge < -0.3 is 89.1 Å². The lowest BCUT2D eigenvalue weighted by Gasteiger charge is -2.49. The van der Waals surface area contributed by atoms with Crippen LogP contribution in [-0.2, 0) is 61.2 Å². The van der Waals surface area contributed by atoms with E-state index < -0.39 is 156 Å². The van der Waals surface area contributed by atoms with Crippen LogP contribution in [0.4, 0.5) is 0 Å². The number of unbranched alkanes of at least 4 members (excludes halogenated alkanes) is 37. The van der Waals surface area contributed by atoms with Gasteiger partial charge in [-0.1, -0.05) is 258 Å². The van der Waals surface area contributed by atoms with E-state index in [2.05, 4.69) is 20.8 Å². The van der Waals surface area contributed by atoms with Crippen molar-refractivity contribution in [1.82, 2.24) is 0 Å². The smallest absolute Gasteiger partial charge is 0.463 e. The highest BCUT2D eigenvalue weighted by Gasteiger charge is 2.58. The number of ether oxygens (including phenoxy) is 7. The van der Waals surface area contributed by atoms with Crippen molar-refractivity contribution in [3.05, 3.63) is 0 Å². The van der Waals surface area contributed by atoms with Crippen molar-refractivity contribution >= 4 is 25.7 Å². The Balaban J connectivity index is 1.74. The minimum absolute atomic E-state index is 0.0330. The Kier molecular flexibility index (Phi) is 48.5. The first-order valence-electron chi connectivity index (χ1n) is 37.3. The van der Waals surface area contributed by atoms with Gasteiger partial charge in [-0.05, 0) is 19.3 Å². The van der Waals surface area contributed by atoms with Gasteiger partial charge in [0.15, 0.2) is 18.7 Å². The Bertz CT molecular complexity index is 1980. The molecule has 0 bridgehead atoms. The van der Waals surface area contributed by atoms with Gasteiger partial charge in [-0.15, -0.1) is 0 Å². The number of esters is 3. The second kappa shape index (κ2) is 52.9. The van der Waals surface area contributed by atoms with Crippen molar-refractivity contribution in [2.75, 3.05) is 26.4 Å². The zero-order valence-corrected chi connectivity index (χ0v) is 59.1. The molecule has 3 rings (SSSR count). The predicted molar refractivity (Wildman–Crippen MR) is 356 cm³/mol. The molecular weight excluding hydrogens is 1260 g/mol. The molecule has 18 unspecified atom stereocenters. The molecule has 24 nitrogen and oxygen atoms in total. The molecule has 0 spiro atoms. The van der Waals surface area contributed by atoms with Crippen LogP contribution in [0.2, 0.25) is 0 Å². The van der Waals surface area contributed by atoms with Gasteiger partial charge in [0.1, 0.15) is 98.7 Å². The number of phosphoric acid groups is 1. The summed E-state index contributed by atoms with van der Waals surface area (Å²) in [5, 5.41) is 110. The molecule has 0 aromatic carbocycles. The Morgan fingerprint density at radius 3 is 1.03 bits per heavy atom. The van der Waals surface area contributed by atoms with Gasteiger partial charge in [0, 0.05) is 19.3 Å². The molecule has 0 aromatic heterocycles. The van der Waals surface area contributed by atoms with E-state index >= 15 is 0 Å². The van der Waals surface area contributed by atoms with E-state index in [1.54, 1.807) is 0 Å². The first-order chi connectivity index (χ1) is 45.8. The molecule has 0 amide bonds. The summed E-state index contributed by atoms with van der Waals surface area (Å²) in [6.07, 6.45) is 8.94. The lowest BCUT2D eigenvalue weighted by molar-refractivity contribution is -0.360. The summed E-state index contributed by atoms with van der Waals surface area (Å²) < 4.78 is 65.0. The van der Waals surface area contributed by atoms with E-state index in [0.29, 0.717) is 19.3 Å². The highest BCUT2D eigenvalue weighted by Crippen LogP contribution is 2.49. The third-order valence-corrected chi connectivity index (χ3v) is 19.6. The normalized spacial score (nSPS) is 28.1. The fourth-order valence-electron chi connectivity index (χ4n) is 12.5. The molecule has 2 aliphatic heterocycles. The minimum Gasteiger partial charge on any atom is -0.463 e. The van der Waals surface area contributed by atoms with Gasteiger partial charge in [0.25, 0.3) is 0 Å². The van der Waals surface area contributed by atoms with Gasteiger partial charge >= 0.3 is 25.7 Å². The summed E-state index contributed by atoms with van der Waals surface area (Å²) in [6, 6.07) is 0. The van der Waals surface area contributed by atoms with E-state index in [4.69, 9.17) is 42.2 Å². The minimum atomic E-state index is -5.69. The van der Waals surface area contributed by atoms with Crippen molar-refractivity contribution < 1.29 is 117 Å². The Morgan fingerprint density at radius 2 is 0.674 bits per heavy atom. The molecule has 1 saturated carbocycles. The van der Waals surface area contributed by atoms with Crippen LogP contribution >= 0.6 is 7.82 Å². The Hall–Kier alpha value is -2.04. The molecule has 560 valence electrons. The zero-order chi connectivity index (χ0) is 69.6. The number of aliphatic hydroxyl groups excluding tert-OH is 10. The average Bonchev–Trinajstić information content (AvgIpc) is 0.764. The number of aliphatic hydroxyl groups is 10. The van der Waals surface area contributed by atoms with Crippen molar-refractivity contribution in [3.8, 4) is 0 Å². The standard InChI is InChI=1S/C70H131O24P/c1-4-7-10-13-16-19-22-25-26-27-28-31-34-37-40-43-46-56(74)89-51(48-86-54(72)44-41-38-35-32-29-23-20-17-14-11-8-5-2)49-88-95(84,85)94-68-66(92-69-64(82)59(77)57(75)52(47-71)90-69)62(80)61(79)63(81)67(68)93-70-65(83)60(78)58(76)53(91-70)50-87-55(73)45-42-39-36-33-30-24-21-18-15-12-9-6-3/h51-53,57-71,75-83H,4-50H2,1-3H3,(H,84,85). The van der Waals surface area contributed by atoms with E-state index in [0.717, 1.165) is 96.3 Å². The fourth-order valence-corrected chi connectivity index (χ4v) is 13.5. The lowest BCUT2D eigenvalue weighted by atomic mass is 9.84. The van der Waals surface area contributed by atoms with Gasteiger partial charge in [0.2, 0.25) is 0 Å². The molecular formula is C70H131O24P. The first kappa shape index (κ1) is 87.2. The summed E-state index contributed by atoms with van der Waals surface area (Å²) in [7, 11) is -5.69. The largest absolute Gasteiger partial charge is 0.472 e. The molecule has 95 heavy (non-hydrogen) atoms. The Labute approximate surface area is 568 Å². The Morgan fingerprint density at radius 1 is 0.368 bits per heavy atom. The SMILES string of the molecule is CCCCCCCCCCCCCCCCCCC(=O)OC(COC(=O)CCCCCCCCCCCCCC)COP(=O)(O)OC1C(OC2OC(CO)C(O)C(O)C2O)C(O)C(O)C(O)C1OC1OC(COC(=O)CCCCCCCCCCCCCC)C(O)C(O)C1O. The molecule has 2 saturated heterocycles. The van der Waals surface area contributed by atoms with Crippen LogP contribution < -0.4 is 0 Å². The van der Waals surface area contributed by atoms with Crippen molar-refractivity contribution in [2.24, 2.45) is 0 Å². The van der Waals surface area contributed by atoms with Crippen LogP contribution in [0, 0.1) is 0 Å². The fraction of sp³-hybridized carbons (Fsp3) is 0.957. The molecule has 11 N–H and O–H groups in total. The van der Waals surface area contributed by atoms with Crippen molar-refractivity contribution in [2.45, 2.75) is 401 Å². The van der Waals surface area contributed by atoms with Gasteiger partial charge in [0.05, 0.1) is 13.2 Å². The summed E-state index contributed by atoms with van der Waals surface area (Å²) in [5.41, 5.74) is 0. The summed E-state index contributed by atoms with van der Waals surface area (Å²) in [4.78, 5) is 50.9. The van der Waals surface area contributed by atoms with Crippen LogP contribution in [0.25, 0.3) is 0 Å². The number of phosphoric ester groups is 1. The predicted octanol–water partition coefficient (Wildman–Crippen LogP) is 9.80. The highest BCUT2D eigenvalue weighted by molar-refractivity contribution is 7.47. The van der Waals surface area contributed by atoms with E-state index in [1.807, 2.05) is 0 Å². The first-order valence-corrected chi connectivity index (χ1v) is 38.8.